The van der Waals surface area contributed by atoms with Gasteiger partial charge in [0.15, 0.2) is 0 Å². The van der Waals surface area contributed by atoms with E-state index in [4.69, 9.17) is 16.7 Å². The third-order valence-corrected chi connectivity index (χ3v) is 1.65. The van der Waals surface area contributed by atoms with Gasteiger partial charge >= 0.3 is 0 Å². The fraction of sp³-hybridized carbons (Fsp3) is 0.200. The lowest BCUT2D eigenvalue weighted by atomic mass is 10.1. The van der Waals surface area contributed by atoms with Gasteiger partial charge < -0.3 is 5.11 Å². The van der Waals surface area contributed by atoms with Gasteiger partial charge in [0, 0.05) is 11.1 Å². The van der Waals surface area contributed by atoms with E-state index < -0.39 is 5.82 Å². The van der Waals surface area contributed by atoms with E-state index >= 15 is 0 Å². The van der Waals surface area contributed by atoms with Crippen molar-refractivity contribution in [1.29, 1.82) is 0 Å². The number of aliphatic hydroxyl groups is 1. The highest BCUT2D eigenvalue weighted by molar-refractivity contribution is 6.19. The van der Waals surface area contributed by atoms with Crippen molar-refractivity contribution in [2.24, 2.45) is 0 Å². The Morgan fingerprint density at radius 1 is 1.46 bits per heavy atom. The number of hydrogen-bond donors (Lipinski definition) is 1. The summed E-state index contributed by atoms with van der Waals surface area (Å²) in [6.45, 7) is -0.317. The van der Waals surface area contributed by atoms with E-state index in [9.17, 15) is 4.39 Å². The minimum absolute atomic E-state index is 0.242. The minimum atomic E-state index is -0.418. The molecule has 0 bridgehead atoms. The smallest absolute Gasteiger partial charge is 0.128 e. The summed E-state index contributed by atoms with van der Waals surface area (Å²) in [5.74, 6) is 5.21. The zero-order valence-corrected chi connectivity index (χ0v) is 7.61. The molecule has 3 heteroatoms. The Hall–Kier alpha value is -1.04. The Morgan fingerprint density at radius 2 is 2.23 bits per heavy atom. The predicted octanol–water partition coefficient (Wildman–Crippen LogP) is 1.91. The van der Waals surface area contributed by atoms with Crippen LogP contribution in [-0.4, -0.2) is 11.0 Å². The topological polar surface area (TPSA) is 20.2 Å². The Morgan fingerprint density at radius 3 is 2.85 bits per heavy atom. The summed E-state index contributed by atoms with van der Waals surface area (Å²) < 4.78 is 12.9. The van der Waals surface area contributed by atoms with Crippen molar-refractivity contribution in [2.45, 2.75) is 6.61 Å². The molecule has 0 unspecified atom stereocenters. The Balaban J connectivity index is 2.99. The Bertz CT molecular complexity index is 352. The van der Waals surface area contributed by atoms with Crippen molar-refractivity contribution in [3.05, 3.63) is 35.1 Å². The van der Waals surface area contributed by atoms with Crippen LogP contribution in [0.4, 0.5) is 4.39 Å². The van der Waals surface area contributed by atoms with Gasteiger partial charge in [-0.25, -0.2) is 4.39 Å². The predicted molar refractivity (Wildman–Crippen MR) is 49.9 cm³/mol. The molecule has 1 aromatic rings. The second-order valence-corrected chi connectivity index (χ2v) is 2.67. The highest BCUT2D eigenvalue weighted by Gasteiger charge is 1.99. The van der Waals surface area contributed by atoms with Gasteiger partial charge in [-0.1, -0.05) is 11.8 Å². The molecule has 13 heavy (non-hydrogen) atoms. The van der Waals surface area contributed by atoms with E-state index in [1.807, 2.05) is 0 Å². The van der Waals surface area contributed by atoms with Gasteiger partial charge in [-0.15, -0.1) is 11.6 Å². The molecule has 0 radical (unpaired) electrons. The second-order valence-electron chi connectivity index (χ2n) is 2.40. The van der Waals surface area contributed by atoms with Gasteiger partial charge in [-0.05, 0) is 18.2 Å². The highest BCUT2D eigenvalue weighted by atomic mass is 35.5. The van der Waals surface area contributed by atoms with Crippen molar-refractivity contribution in [1.82, 2.24) is 0 Å². The largest absolute Gasteiger partial charge is 0.392 e. The molecule has 0 saturated heterocycles. The zero-order chi connectivity index (χ0) is 9.68. The van der Waals surface area contributed by atoms with Crippen LogP contribution >= 0.6 is 11.6 Å². The van der Waals surface area contributed by atoms with Crippen LogP contribution in [0.5, 0.6) is 0 Å². The van der Waals surface area contributed by atoms with Crippen LogP contribution in [0.2, 0.25) is 0 Å². The van der Waals surface area contributed by atoms with Crippen LogP contribution in [0.3, 0.4) is 0 Å². The Kier molecular flexibility index (Phi) is 3.75. The summed E-state index contributed by atoms with van der Waals surface area (Å²) in [5.41, 5.74) is 0.910. The molecule has 1 aromatic carbocycles. The molecule has 1 rings (SSSR count). The average Bonchev–Trinajstić information content (AvgIpc) is 2.16. The molecular weight excluding hydrogens is 191 g/mol. The van der Waals surface area contributed by atoms with E-state index in [-0.39, 0.29) is 18.1 Å². The van der Waals surface area contributed by atoms with Gasteiger partial charge in [0.2, 0.25) is 0 Å². The first-order valence-electron chi connectivity index (χ1n) is 3.72. The van der Waals surface area contributed by atoms with Crippen LogP contribution < -0.4 is 0 Å². The van der Waals surface area contributed by atoms with Crippen LogP contribution in [0.15, 0.2) is 18.2 Å². The molecular formula is C10H8ClFO. The molecule has 0 atom stereocenters. The third kappa shape index (κ3) is 2.73. The monoisotopic (exact) mass is 198 g/mol. The maximum absolute atomic E-state index is 12.9. The van der Waals surface area contributed by atoms with Crippen molar-refractivity contribution >= 4 is 11.6 Å². The van der Waals surface area contributed by atoms with Crippen molar-refractivity contribution in [3.8, 4) is 11.8 Å². The van der Waals surface area contributed by atoms with Crippen molar-refractivity contribution < 1.29 is 9.50 Å². The van der Waals surface area contributed by atoms with Crippen LogP contribution in [0.1, 0.15) is 11.1 Å². The molecule has 68 valence electrons. The lowest BCUT2D eigenvalue weighted by Crippen LogP contribution is -1.90. The first-order chi connectivity index (χ1) is 6.27. The van der Waals surface area contributed by atoms with Crippen LogP contribution in [0.25, 0.3) is 0 Å². The summed E-state index contributed by atoms with van der Waals surface area (Å²) in [6.07, 6.45) is 0. The van der Waals surface area contributed by atoms with E-state index in [2.05, 4.69) is 11.8 Å². The van der Waals surface area contributed by atoms with Gasteiger partial charge in [0.25, 0.3) is 0 Å². The average molecular weight is 199 g/mol. The first kappa shape index (κ1) is 10.0. The summed E-state index contributed by atoms with van der Waals surface area (Å²) in [4.78, 5) is 0. The first-order valence-corrected chi connectivity index (χ1v) is 4.25. The van der Waals surface area contributed by atoms with Gasteiger partial charge in [-0.3, -0.25) is 0 Å². The van der Waals surface area contributed by atoms with Crippen LogP contribution in [0, 0.1) is 17.7 Å². The maximum atomic E-state index is 12.9. The summed E-state index contributed by atoms with van der Waals surface area (Å²) >= 11 is 5.36. The molecule has 0 aliphatic carbocycles. The maximum Gasteiger partial charge on any atom is 0.128 e. The second kappa shape index (κ2) is 4.86. The van der Waals surface area contributed by atoms with E-state index in [0.717, 1.165) is 0 Å². The molecule has 0 aliphatic heterocycles. The zero-order valence-electron chi connectivity index (χ0n) is 6.85. The molecule has 0 heterocycles. The van der Waals surface area contributed by atoms with Crippen molar-refractivity contribution in [2.75, 3.05) is 5.88 Å². The normalized spacial score (nSPS) is 9.15. The summed E-state index contributed by atoms with van der Waals surface area (Å²) in [5, 5.41) is 8.75. The lowest BCUT2D eigenvalue weighted by molar-refractivity contribution is 0.275. The number of aliphatic hydroxyl groups excluding tert-OH is 1. The fourth-order valence-electron chi connectivity index (χ4n) is 0.909. The Labute approximate surface area is 81.2 Å². The highest BCUT2D eigenvalue weighted by Crippen LogP contribution is 2.09. The molecule has 0 aliphatic rings. The number of rotatable bonds is 1. The van der Waals surface area contributed by atoms with E-state index in [0.29, 0.717) is 5.56 Å². The molecule has 0 aromatic heterocycles. The SMILES string of the molecule is OCc1cc(C#CCCl)ccc1F. The van der Waals surface area contributed by atoms with Crippen LogP contribution in [-0.2, 0) is 6.61 Å². The number of halogens is 2. The van der Waals surface area contributed by atoms with Gasteiger partial charge in [-0.2, -0.15) is 0 Å². The van der Waals surface area contributed by atoms with Gasteiger partial charge in [0.05, 0.1) is 12.5 Å². The molecule has 1 nitrogen and oxygen atoms in total. The number of hydrogen-bond acceptors (Lipinski definition) is 1. The summed E-state index contributed by atoms with van der Waals surface area (Å²) in [6, 6.07) is 4.34. The van der Waals surface area contributed by atoms with E-state index in [1.165, 1.54) is 12.1 Å². The lowest BCUT2D eigenvalue weighted by Gasteiger charge is -1.98. The molecule has 0 amide bonds. The molecule has 0 saturated carbocycles. The molecule has 1 N–H and O–H groups in total. The third-order valence-electron chi connectivity index (χ3n) is 1.52. The fourth-order valence-corrected chi connectivity index (χ4v) is 0.976. The quantitative estimate of drug-likeness (QED) is 0.540. The van der Waals surface area contributed by atoms with Crippen molar-refractivity contribution in [3.63, 3.8) is 0 Å². The molecule has 0 fully saturated rings. The van der Waals surface area contributed by atoms with E-state index in [1.54, 1.807) is 6.07 Å². The number of alkyl halides is 1. The standard InChI is InChI=1S/C10H8ClFO/c11-5-1-2-8-3-4-10(12)9(6-8)7-13/h3-4,6,13H,5,7H2. The molecule has 0 spiro atoms. The van der Waals surface area contributed by atoms with Gasteiger partial charge in [0.1, 0.15) is 5.82 Å². The summed E-state index contributed by atoms with van der Waals surface area (Å²) in [7, 11) is 0. The number of benzene rings is 1. The minimum Gasteiger partial charge on any atom is -0.392 e.